The molecule has 1 atom stereocenters. The van der Waals surface area contributed by atoms with Gasteiger partial charge in [0.2, 0.25) is 0 Å². The van der Waals surface area contributed by atoms with E-state index in [1.54, 1.807) is 7.11 Å². The van der Waals surface area contributed by atoms with Gasteiger partial charge in [-0.1, -0.05) is 91.0 Å². The lowest BCUT2D eigenvalue weighted by Gasteiger charge is -2.32. The summed E-state index contributed by atoms with van der Waals surface area (Å²) in [5.74, 6) is 1.70. The van der Waals surface area contributed by atoms with Crippen molar-refractivity contribution < 1.29 is 9.53 Å². The largest absolute Gasteiger partial charge is 0.496 e. The molecule has 0 heterocycles. The lowest BCUT2D eigenvalue weighted by molar-refractivity contribution is 0.0732. The summed E-state index contributed by atoms with van der Waals surface area (Å²) in [6.45, 7) is 4.23. The summed E-state index contributed by atoms with van der Waals surface area (Å²) in [5, 5.41) is 0. The number of benzene rings is 4. The Morgan fingerprint density at radius 2 is 1.43 bits per heavy atom. The molecule has 1 amide bonds. The Morgan fingerprint density at radius 1 is 0.775 bits per heavy atom. The van der Waals surface area contributed by atoms with Crippen LogP contribution in [0.2, 0.25) is 0 Å². The van der Waals surface area contributed by atoms with Crippen LogP contribution < -0.4 is 4.74 Å². The molecular formula is C36H40N2O2. The van der Waals surface area contributed by atoms with Gasteiger partial charge in [0.25, 0.3) is 5.91 Å². The number of hydrogen-bond donors (Lipinski definition) is 0. The van der Waals surface area contributed by atoms with Crippen LogP contribution in [0, 0.1) is 5.92 Å². The van der Waals surface area contributed by atoms with E-state index in [-0.39, 0.29) is 5.91 Å². The molecule has 1 unspecified atom stereocenters. The van der Waals surface area contributed by atoms with Crippen molar-refractivity contribution in [3.8, 4) is 5.75 Å². The van der Waals surface area contributed by atoms with Crippen molar-refractivity contribution in [2.45, 2.75) is 38.8 Å². The Kier molecular flexibility index (Phi) is 9.65. The predicted octanol–water partition coefficient (Wildman–Crippen LogP) is 7.04. The van der Waals surface area contributed by atoms with Crippen LogP contribution in [-0.4, -0.2) is 42.5 Å². The van der Waals surface area contributed by atoms with Crippen LogP contribution in [0.25, 0.3) is 0 Å². The molecule has 5 rings (SSSR count). The first-order valence-corrected chi connectivity index (χ1v) is 14.5. The van der Waals surface area contributed by atoms with E-state index in [1.165, 1.54) is 23.1 Å². The fraction of sp³-hybridized carbons (Fsp3) is 0.306. The standard InChI is InChI=1S/C36H40N2O2/c1-40-35-20-11-19-32-22-21-31(25-34(32)35)27-37(26-29-13-5-2-6-14-29)23-12-24-38(28-30-15-7-3-8-16-30)36(39)33-17-9-4-10-18-33/h2-11,13-20,31H,12,21-28H2,1H3. The summed E-state index contributed by atoms with van der Waals surface area (Å²) in [4.78, 5) is 18.1. The third-order valence-electron chi connectivity index (χ3n) is 7.96. The maximum absolute atomic E-state index is 13.5. The molecule has 0 spiro atoms. The minimum Gasteiger partial charge on any atom is -0.496 e. The highest BCUT2D eigenvalue weighted by Crippen LogP contribution is 2.33. The van der Waals surface area contributed by atoms with Gasteiger partial charge in [-0.25, -0.2) is 0 Å². The topological polar surface area (TPSA) is 32.8 Å². The van der Waals surface area contributed by atoms with Gasteiger partial charge in [-0.15, -0.1) is 0 Å². The third-order valence-corrected chi connectivity index (χ3v) is 7.96. The molecule has 0 bridgehead atoms. The Labute approximate surface area is 239 Å². The quantitative estimate of drug-likeness (QED) is 0.196. The van der Waals surface area contributed by atoms with Gasteiger partial charge >= 0.3 is 0 Å². The van der Waals surface area contributed by atoms with E-state index in [4.69, 9.17) is 4.74 Å². The molecule has 0 aromatic heterocycles. The van der Waals surface area contributed by atoms with Crippen molar-refractivity contribution in [3.63, 3.8) is 0 Å². The van der Waals surface area contributed by atoms with Crippen LogP contribution in [0.1, 0.15) is 45.5 Å². The summed E-state index contributed by atoms with van der Waals surface area (Å²) in [5.41, 5.74) is 6.04. The lowest BCUT2D eigenvalue weighted by atomic mass is 9.83. The van der Waals surface area contributed by atoms with Crippen molar-refractivity contribution in [2.24, 2.45) is 5.92 Å². The van der Waals surface area contributed by atoms with Gasteiger partial charge in [0.05, 0.1) is 7.11 Å². The molecule has 0 aliphatic heterocycles. The van der Waals surface area contributed by atoms with E-state index in [0.717, 1.165) is 62.3 Å². The number of aryl methyl sites for hydroxylation is 1. The first kappa shape index (κ1) is 27.7. The van der Waals surface area contributed by atoms with E-state index in [1.807, 2.05) is 53.4 Å². The van der Waals surface area contributed by atoms with Crippen molar-refractivity contribution in [1.82, 2.24) is 9.80 Å². The van der Waals surface area contributed by atoms with Gasteiger partial charge in [-0.2, -0.15) is 0 Å². The average molecular weight is 533 g/mol. The highest BCUT2D eigenvalue weighted by Gasteiger charge is 2.24. The zero-order valence-corrected chi connectivity index (χ0v) is 23.5. The second kappa shape index (κ2) is 14.0. The molecule has 40 heavy (non-hydrogen) atoms. The molecule has 0 saturated heterocycles. The third kappa shape index (κ3) is 7.40. The van der Waals surface area contributed by atoms with E-state index in [2.05, 4.69) is 65.6 Å². The van der Waals surface area contributed by atoms with Crippen LogP contribution in [-0.2, 0) is 25.9 Å². The highest BCUT2D eigenvalue weighted by molar-refractivity contribution is 5.94. The number of ether oxygens (including phenoxy) is 1. The number of amides is 1. The van der Waals surface area contributed by atoms with Crippen molar-refractivity contribution >= 4 is 5.91 Å². The minimum atomic E-state index is 0.0926. The second-order valence-electron chi connectivity index (χ2n) is 10.9. The van der Waals surface area contributed by atoms with E-state index in [9.17, 15) is 4.79 Å². The Bertz CT molecular complexity index is 1330. The van der Waals surface area contributed by atoms with Crippen LogP contribution in [0.15, 0.2) is 109 Å². The molecule has 1 aliphatic carbocycles. The summed E-state index contributed by atoms with van der Waals surface area (Å²) in [6, 6.07) is 37.2. The zero-order valence-electron chi connectivity index (χ0n) is 23.5. The first-order chi connectivity index (χ1) is 19.7. The fourth-order valence-corrected chi connectivity index (χ4v) is 5.92. The monoisotopic (exact) mass is 532 g/mol. The van der Waals surface area contributed by atoms with Gasteiger partial charge in [0.15, 0.2) is 0 Å². The molecule has 1 aliphatic rings. The van der Waals surface area contributed by atoms with Crippen molar-refractivity contribution in [3.05, 3.63) is 137 Å². The molecule has 0 radical (unpaired) electrons. The van der Waals surface area contributed by atoms with Gasteiger partial charge in [-0.3, -0.25) is 9.69 Å². The SMILES string of the molecule is COc1cccc2c1CC(CN(CCCN(Cc1ccccc1)C(=O)c1ccccc1)Cc1ccccc1)CC2. The van der Waals surface area contributed by atoms with Crippen LogP contribution in [0.3, 0.4) is 0 Å². The number of nitrogens with zero attached hydrogens (tertiary/aromatic N) is 2. The maximum Gasteiger partial charge on any atom is 0.254 e. The number of rotatable bonds is 12. The second-order valence-corrected chi connectivity index (χ2v) is 10.9. The van der Waals surface area contributed by atoms with Crippen molar-refractivity contribution in [1.29, 1.82) is 0 Å². The Hall–Kier alpha value is -3.89. The molecule has 4 nitrogen and oxygen atoms in total. The van der Waals surface area contributed by atoms with Crippen molar-refractivity contribution in [2.75, 3.05) is 26.7 Å². The molecular weight excluding hydrogens is 492 g/mol. The summed E-state index contributed by atoms with van der Waals surface area (Å²) >= 11 is 0. The zero-order chi connectivity index (χ0) is 27.6. The summed E-state index contributed by atoms with van der Waals surface area (Å²) in [6.07, 6.45) is 4.27. The molecule has 4 heteroatoms. The number of fused-ring (bicyclic) bond motifs is 1. The number of hydrogen-bond acceptors (Lipinski definition) is 3. The number of carbonyl (C=O) groups excluding carboxylic acids is 1. The van der Waals surface area contributed by atoms with Gasteiger partial charge in [0.1, 0.15) is 5.75 Å². The number of carbonyl (C=O) groups is 1. The van der Waals surface area contributed by atoms with Gasteiger partial charge < -0.3 is 9.64 Å². The molecule has 206 valence electrons. The smallest absolute Gasteiger partial charge is 0.254 e. The van der Waals surface area contributed by atoms with Crippen LogP contribution in [0.5, 0.6) is 5.75 Å². The molecule has 0 saturated carbocycles. The summed E-state index contributed by atoms with van der Waals surface area (Å²) < 4.78 is 5.71. The van der Waals surface area contributed by atoms with E-state index in [0.29, 0.717) is 12.5 Å². The Morgan fingerprint density at radius 3 is 2.10 bits per heavy atom. The average Bonchev–Trinajstić information content (AvgIpc) is 3.01. The first-order valence-electron chi connectivity index (χ1n) is 14.5. The normalized spacial score (nSPS) is 14.5. The molecule has 4 aromatic rings. The van der Waals surface area contributed by atoms with Gasteiger partial charge in [-0.05, 0) is 72.1 Å². The summed E-state index contributed by atoms with van der Waals surface area (Å²) in [7, 11) is 1.78. The molecule has 4 aromatic carbocycles. The molecule has 0 N–H and O–H groups in total. The van der Waals surface area contributed by atoms with Crippen LogP contribution >= 0.6 is 0 Å². The highest BCUT2D eigenvalue weighted by atomic mass is 16.5. The Balaban J connectivity index is 1.27. The lowest BCUT2D eigenvalue weighted by Crippen LogP contribution is -2.36. The van der Waals surface area contributed by atoms with Gasteiger partial charge in [0, 0.05) is 38.3 Å². The van der Waals surface area contributed by atoms with E-state index < -0.39 is 0 Å². The fourth-order valence-electron chi connectivity index (χ4n) is 5.92. The number of methoxy groups -OCH3 is 1. The maximum atomic E-state index is 13.5. The molecule has 0 fully saturated rings. The van der Waals surface area contributed by atoms with E-state index >= 15 is 0 Å². The predicted molar refractivity (Wildman–Crippen MR) is 162 cm³/mol. The van der Waals surface area contributed by atoms with Crippen LogP contribution in [0.4, 0.5) is 0 Å². The minimum absolute atomic E-state index is 0.0926.